The molecule has 26 heavy (non-hydrogen) atoms. The maximum atomic E-state index is 6.26. The first-order valence-electron chi connectivity index (χ1n) is 7.50. The van der Waals surface area contributed by atoms with Crippen molar-refractivity contribution in [3.05, 3.63) is 60.7 Å². The number of benzene rings is 2. The minimum absolute atomic E-state index is 0.744. The Morgan fingerprint density at radius 3 is 1.54 bits per heavy atom. The van der Waals surface area contributed by atoms with E-state index < -0.39 is 34.3 Å². The van der Waals surface area contributed by atoms with Crippen molar-refractivity contribution < 1.29 is 9.31 Å². The first-order chi connectivity index (χ1) is 12.2. The molecule has 2 unspecified atom stereocenters. The van der Waals surface area contributed by atoms with Crippen LogP contribution >= 0.6 is 77.5 Å². The topological polar surface area (TPSA) is 18.5 Å². The summed E-state index contributed by atoms with van der Waals surface area (Å²) in [7, 11) is -2.24. The third-order valence-electron chi connectivity index (χ3n) is 3.70. The predicted octanol–water partition coefficient (Wildman–Crippen LogP) is 5.63. The molecule has 138 valence electrons. The molecule has 2 atom stereocenters. The highest BCUT2D eigenvalue weighted by Crippen LogP contribution is 2.62. The molecular weight excluding hydrogens is 479 g/mol. The lowest BCUT2D eigenvalue weighted by Crippen LogP contribution is -2.54. The zero-order valence-electron chi connectivity index (χ0n) is 13.0. The highest BCUT2D eigenvalue weighted by Gasteiger charge is 2.56. The molecule has 1 fully saturated rings. The molecule has 0 radical (unpaired) electrons. The smallest absolute Gasteiger partial charge is 0.396 e. The summed E-state index contributed by atoms with van der Waals surface area (Å²) < 4.78 is 8.67. The summed E-state index contributed by atoms with van der Waals surface area (Å²) >= 11 is 37.6. The van der Waals surface area contributed by atoms with Crippen LogP contribution in [0.4, 0.5) is 0 Å². The van der Waals surface area contributed by atoms with Crippen molar-refractivity contribution in [3.63, 3.8) is 0 Å². The van der Waals surface area contributed by atoms with Gasteiger partial charge in [-0.25, -0.2) is 0 Å². The molecule has 3 rings (SSSR count). The van der Waals surface area contributed by atoms with E-state index in [0.717, 1.165) is 10.8 Å². The van der Waals surface area contributed by atoms with Crippen molar-refractivity contribution in [1.82, 2.24) is 0 Å². The Balaban J connectivity index is 2.06. The predicted molar refractivity (Wildman–Crippen MR) is 115 cm³/mol. The van der Waals surface area contributed by atoms with E-state index in [-0.39, 0.29) is 0 Å². The number of halogens is 6. The van der Waals surface area contributed by atoms with E-state index in [1.54, 1.807) is 0 Å². The van der Waals surface area contributed by atoms with Crippen LogP contribution in [-0.2, 0) is 9.31 Å². The van der Waals surface area contributed by atoms with Crippen LogP contribution in [-0.4, -0.2) is 26.4 Å². The highest BCUT2D eigenvalue weighted by molar-refractivity contribution is 7.67. The first-order valence-corrected chi connectivity index (χ1v) is 11.3. The van der Waals surface area contributed by atoms with E-state index >= 15 is 0 Å². The quantitative estimate of drug-likeness (QED) is 0.309. The van der Waals surface area contributed by atoms with Gasteiger partial charge in [-0.1, -0.05) is 130 Å². The SMILES string of the molecule is ClC(Cl)(Cl)C1OB(c2ccccc2)OC(C(Cl)(Cl)Cl)P1c1ccccc1. The van der Waals surface area contributed by atoms with E-state index in [1.807, 2.05) is 60.7 Å². The second kappa shape index (κ2) is 8.53. The van der Waals surface area contributed by atoms with Gasteiger partial charge in [0.2, 0.25) is 7.59 Å². The average Bonchev–Trinajstić information content (AvgIpc) is 2.60. The van der Waals surface area contributed by atoms with Crippen molar-refractivity contribution in [3.8, 4) is 0 Å². The fraction of sp³-hybridized carbons (Fsp3) is 0.250. The Morgan fingerprint density at radius 1 is 0.692 bits per heavy atom. The Kier molecular flexibility index (Phi) is 6.99. The van der Waals surface area contributed by atoms with Crippen LogP contribution in [0, 0.1) is 0 Å². The summed E-state index contributed by atoms with van der Waals surface area (Å²) in [5.74, 6) is -1.66. The average molecular weight is 491 g/mol. The fourth-order valence-corrected chi connectivity index (χ4v) is 7.25. The number of alkyl halides is 6. The highest BCUT2D eigenvalue weighted by atomic mass is 35.6. The second-order valence-electron chi connectivity index (χ2n) is 5.55. The lowest BCUT2D eigenvalue weighted by Gasteiger charge is -2.46. The molecule has 0 N–H and O–H groups in total. The van der Waals surface area contributed by atoms with Crippen LogP contribution < -0.4 is 10.8 Å². The Labute approximate surface area is 183 Å². The van der Waals surface area contributed by atoms with E-state index in [1.165, 1.54) is 0 Å². The van der Waals surface area contributed by atoms with Crippen LogP contribution in [0.25, 0.3) is 0 Å². The minimum atomic E-state index is -1.73. The molecule has 0 bridgehead atoms. The molecule has 1 heterocycles. The van der Waals surface area contributed by atoms with Gasteiger partial charge >= 0.3 is 7.12 Å². The van der Waals surface area contributed by atoms with Crippen LogP contribution in [0.1, 0.15) is 0 Å². The molecule has 10 heteroatoms. The standard InChI is InChI=1S/C16H12BCl6O2P/c18-15(19,20)13-24-17(11-7-3-1-4-8-11)25-14(16(21,22)23)26(13)12-9-5-2-6-10-12/h1-10,13-14H. The van der Waals surface area contributed by atoms with Crippen molar-refractivity contribution in [2.75, 3.05) is 0 Å². The van der Waals surface area contributed by atoms with Crippen LogP contribution in [0.3, 0.4) is 0 Å². The first kappa shape index (κ1) is 21.3. The van der Waals surface area contributed by atoms with Gasteiger partial charge in [0.1, 0.15) is 11.7 Å². The summed E-state index contributed by atoms with van der Waals surface area (Å²) in [4.78, 5) is 0. The lowest BCUT2D eigenvalue weighted by atomic mass is 9.79. The van der Waals surface area contributed by atoms with E-state index in [4.69, 9.17) is 78.9 Å². The van der Waals surface area contributed by atoms with Crippen molar-refractivity contribution in [2.24, 2.45) is 0 Å². The molecule has 1 aliphatic heterocycles. The Bertz CT molecular complexity index is 701. The molecule has 1 saturated heterocycles. The van der Waals surface area contributed by atoms with Crippen LogP contribution in [0.2, 0.25) is 0 Å². The summed E-state index contributed by atoms with van der Waals surface area (Å²) in [6, 6.07) is 18.6. The zero-order chi connectivity index (χ0) is 18.9. The van der Waals surface area contributed by atoms with Gasteiger partial charge in [-0.2, -0.15) is 0 Å². The van der Waals surface area contributed by atoms with Gasteiger partial charge in [0.15, 0.2) is 0 Å². The second-order valence-corrected chi connectivity index (χ2v) is 12.6. The van der Waals surface area contributed by atoms with E-state index in [2.05, 4.69) is 0 Å². The van der Waals surface area contributed by atoms with Gasteiger partial charge in [0.05, 0.1) is 0 Å². The number of rotatable bonds is 2. The van der Waals surface area contributed by atoms with Gasteiger partial charge < -0.3 is 9.31 Å². The summed E-state index contributed by atoms with van der Waals surface area (Å²) in [5, 5.41) is 0.849. The van der Waals surface area contributed by atoms with Crippen molar-refractivity contribution >= 4 is 95.4 Å². The minimum Gasteiger partial charge on any atom is -0.396 e. The lowest BCUT2D eigenvalue weighted by molar-refractivity contribution is 0.150. The summed E-state index contributed by atoms with van der Waals surface area (Å²) in [6.45, 7) is 0. The normalized spacial score (nSPS) is 24.5. The van der Waals surface area contributed by atoms with Gasteiger partial charge in [0.25, 0.3) is 0 Å². The third kappa shape index (κ3) is 4.95. The maximum Gasteiger partial charge on any atom is 0.495 e. The fourth-order valence-electron chi connectivity index (χ4n) is 2.63. The summed E-state index contributed by atoms with van der Waals surface area (Å²) in [5.41, 5.74) is 0.744. The zero-order valence-corrected chi connectivity index (χ0v) is 18.5. The molecule has 2 aromatic carbocycles. The molecule has 2 aromatic rings. The molecule has 0 spiro atoms. The van der Waals surface area contributed by atoms with Crippen molar-refractivity contribution in [1.29, 1.82) is 0 Å². The molecule has 1 aliphatic rings. The van der Waals surface area contributed by atoms with E-state index in [0.29, 0.717) is 0 Å². The maximum absolute atomic E-state index is 6.26. The Morgan fingerprint density at radius 2 is 1.12 bits per heavy atom. The van der Waals surface area contributed by atoms with Crippen LogP contribution in [0.15, 0.2) is 60.7 Å². The van der Waals surface area contributed by atoms with Gasteiger partial charge in [0, 0.05) is 0 Å². The largest absolute Gasteiger partial charge is 0.495 e. The van der Waals surface area contributed by atoms with Gasteiger partial charge in [-0.3, -0.25) is 0 Å². The third-order valence-corrected chi connectivity index (χ3v) is 8.72. The monoisotopic (exact) mass is 488 g/mol. The summed E-state index contributed by atoms with van der Waals surface area (Å²) in [6.07, 6.45) is 0. The molecule has 0 aliphatic carbocycles. The molecule has 0 amide bonds. The van der Waals surface area contributed by atoms with E-state index in [9.17, 15) is 0 Å². The van der Waals surface area contributed by atoms with Gasteiger partial charge in [-0.15, -0.1) is 0 Å². The van der Waals surface area contributed by atoms with Crippen LogP contribution in [0.5, 0.6) is 0 Å². The number of hydrogen-bond donors (Lipinski definition) is 0. The Hall–Kier alpha value is 0.595. The van der Waals surface area contributed by atoms with Crippen molar-refractivity contribution in [2.45, 2.75) is 19.3 Å². The molecule has 0 aromatic heterocycles. The number of hydrogen-bond acceptors (Lipinski definition) is 2. The molecule has 0 saturated carbocycles. The molecule has 2 nitrogen and oxygen atoms in total. The van der Waals surface area contributed by atoms with Gasteiger partial charge in [-0.05, 0) is 18.7 Å². The molecular formula is C16H12BCl6O2P.